The average molecular weight is 294 g/mol. The minimum atomic E-state index is -1.15. The summed E-state index contributed by atoms with van der Waals surface area (Å²) in [5.41, 5.74) is 1.55. The quantitative estimate of drug-likeness (QED) is 0.753. The Bertz CT molecular complexity index is 961. The van der Waals surface area contributed by atoms with Gasteiger partial charge in [0.2, 0.25) is 0 Å². The molecule has 0 amide bonds. The molecular formula is C15H10N4O3. The Morgan fingerprint density at radius 3 is 2.73 bits per heavy atom. The molecule has 0 aliphatic carbocycles. The van der Waals surface area contributed by atoms with Gasteiger partial charge in [0.05, 0.1) is 17.3 Å². The van der Waals surface area contributed by atoms with Crippen molar-refractivity contribution in [1.82, 2.24) is 14.6 Å². The molecule has 2 N–H and O–H groups in total. The minimum Gasteiger partial charge on any atom is -0.477 e. The van der Waals surface area contributed by atoms with Crippen LogP contribution in [0.15, 0.2) is 41.3 Å². The van der Waals surface area contributed by atoms with Crippen LogP contribution in [0.4, 0.5) is 0 Å². The summed E-state index contributed by atoms with van der Waals surface area (Å²) < 4.78 is 1.09. The standard InChI is InChI=1S/C15H10N4O3/c16-7-10-3-1-9(2-4-10)5-11-6-13(20)19-14(18-11)12(8-17-19)15(21)22/h1-4,6,8,17H,5H2,(H,21,22). The summed E-state index contributed by atoms with van der Waals surface area (Å²) >= 11 is 0. The molecule has 0 bridgehead atoms. The lowest BCUT2D eigenvalue weighted by Crippen LogP contribution is -2.16. The maximum Gasteiger partial charge on any atom is 0.341 e. The number of carboxylic acids is 1. The van der Waals surface area contributed by atoms with E-state index in [1.165, 1.54) is 12.3 Å². The Morgan fingerprint density at radius 2 is 2.09 bits per heavy atom. The van der Waals surface area contributed by atoms with Gasteiger partial charge in [-0.2, -0.15) is 5.26 Å². The van der Waals surface area contributed by atoms with E-state index < -0.39 is 5.97 Å². The van der Waals surface area contributed by atoms with Gasteiger partial charge in [-0.25, -0.2) is 14.3 Å². The summed E-state index contributed by atoms with van der Waals surface area (Å²) in [5.74, 6) is -1.15. The number of aromatic nitrogens is 3. The first-order chi connectivity index (χ1) is 10.6. The van der Waals surface area contributed by atoms with E-state index >= 15 is 0 Å². The van der Waals surface area contributed by atoms with Gasteiger partial charge in [0.15, 0.2) is 5.65 Å². The first-order valence-electron chi connectivity index (χ1n) is 6.41. The molecule has 22 heavy (non-hydrogen) atoms. The summed E-state index contributed by atoms with van der Waals surface area (Å²) in [5, 5.41) is 20.4. The smallest absolute Gasteiger partial charge is 0.341 e. The molecule has 2 aromatic heterocycles. The zero-order chi connectivity index (χ0) is 15.7. The van der Waals surface area contributed by atoms with Gasteiger partial charge in [0.25, 0.3) is 5.56 Å². The number of benzene rings is 1. The summed E-state index contributed by atoms with van der Waals surface area (Å²) in [6, 6.07) is 10.3. The van der Waals surface area contributed by atoms with Crippen LogP contribution < -0.4 is 5.56 Å². The molecule has 0 unspecified atom stereocenters. The summed E-state index contributed by atoms with van der Waals surface area (Å²) in [6.45, 7) is 0. The van der Waals surface area contributed by atoms with Gasteiger partial charge in [-0.05, 0) is 17.7 Å². The van der Waals surface area contributed by atoms with Crippen LogP contribution in [0.2, 0.25) is 0 Å². The molecule has 0 aliphatic rings. The summed E-state index contributed by atoms with van der Waals surface area (Å²) in [6.07, 6.45) is 1.61. The fourth-order valence-corrected chi connectivity index (χ4v) is 2.18. The maximum atomic E-state index is 12.0. The minimum absolute atomic E-state index is 0.0567. The van der Waals surface area contributed by atoms with E-state index in [9.17, 15) is 9.59 Å². The van der Waals surface area contributed by atoms with Gasteiger partial charge in [0, 0.05) is 18.7 Å². The van der Waals surface area contributed by atoms with Crippen LogP contribution in [0.5, 0.6) is 0 Å². The second kappa shape index (κ2) is 5.18. The number of fused-ring (bicyclic) bond motifs is 1. The highest BCUT2D eigenvalue weighted by Gasteiger charge is 2.14. The number of nitriles is 1. The molecule has 0 fully saturated rings. The van der Waals surface area contributed by atoms with Gasteiger partial charge in [-0.15, -0.1) is 0 Å². The molecule has 0 spiro atoms. The molecule has 3 rings (SSSR count). The van der Waals surface area contributed by atoms with Crippen molar-refractivity contribution < 1.29 is 9.90 Å². The first-order valence-corrected chi connectivity index (χ1v) is 6.41. The average Bonchev–Trinajstić information content (AvgIpc) is 2.92. The highest BCUT2D eigenvalue weighted by atomic mass is 16.4. The molecule has 0 saturated heterocycles. The number of carboxylic acid groups (broad SMARTS) is 1. The predicted molar refractivity (Wildman–Crippen MR) is 76.7 cm³/mol. The highest BCUT2D eigenvalue weighted by molar-refractivity contribution is 5.94. The summed E-state index contributed by atoms with van der Waals surface area (Å²) in [7, 11) is 0. The lowest BCUT2D eigenvalue weighted by atomic mass is 10.1. The second-order valence-electron chi connectivity index (χ2n) is 4.72. The molecule has 7 nitrogen and oxygen atoms in total. The van der Waals surface area contributed by atoms with E-state index in [-0.39, 0.29) is 16.8 Å². The van der Waals surface area contributed by atoms with E-state index in [0.717, 1.165) is 10.1 Å². The van der Waals surface area contributed by atoms with Gasteiger partial charge in [0.1, 0.15) is 5.56 Å². The number of H-pyrrole nitrogens is 1. The lowest BCUT2D eigenvalue weighted by Gasteiger charge is -2.02. The van der Waals surface area contributed by atoms with Crippen molar-refractivity contribution in [3.8, 4) is 6.07 Å². The van der Waals surface area contributed by atoms with Gasteiger partial charge in [-0.1, -0.05) is 12.1 Å². The van der Waals surface area contributed by atoms with Crippen LogP contribution in [0.3, 0.4) is 0 Å². The molecule has 0 saturated carbocycles. The Labute approximate surface area is 124 Å². The van der Waals surface area contributed by atoms with E-state index in [1.807, 2.05) is 6.07 Å². The summed E-state index contributed by atoms with van der Waals surface area (Å²) in [4.78, 5) is 27.3. The van der Waals surface area contributed by atoms with E-state index in [1.54, 1.807) is 24.3 Å². The Kier molecular flexibility index (Phi) is 3.20. The van der Waals surface area contributed by atoms with Crippen LogP contribution in [0.25, 0.3) is 5.65 Å². The van der Waals surface area contributed by atoms with Gasteiger partial charge >= 0.3 is 5.97 Å². The number of hydrogen-bond acceptors (Lipinski definition) is 4. The van der Waals surface area contributed by atoms with Crippen LogP contribution in [-0.2, 0) is 6.42 Å². The van der Waals surface area contributed by atoms with Gasteiger partial charge in [-0.3, -0.25) is 9.89 Å². The Balaban J connectivity index is 2.03. The SMILES string of the molecule is N#Cc1ccc(Cc2cc(=O)n3[nH]cc(C(=O)O)c3n2)cc1. The number of aromatic amines is 1. The van der Waals surface area contributed by atoms with Crippen molar-refractivity contribution in [2.24, 2.45) is 0 Å². The first kappa shape index (κ1) is 13.6. The molecule has 0 aliphatic heterocycles. The molecule has 108 valence electrons. The van der Waals surface area contributed by atoms with E-state index in [4.69, 9.17) is 10.4 Å². The third-order valence-corrected chi connectivity index (χ3v) is 3.25. The van der Waals surface area contributed by atoms with Crippen molar-refractivity contribution in [1.29, 1.82) is 5.26 Å². The van der Waals surface area contributed by atoms with Crippen LogP contribution in [0, 0.1) is 11.3 Å². The van der Waals surface area contributed by atoms with Crippen molar-refractivity contribution in [3.05, 3.63) is 69.3 Å². The third kappa shape index (κ3) is 2.33. The van der Waals surface area contributed by atoms with Gasteiger partial charge < -0.3 is 5.11 Å². The molecule has 2 heterocycles. The second-order valence-corrected chi connectivity index (χ2v) is 4.72. The largest absolute Gasteiger partial charge is 0.477 e. The molecule has 0 radical (unpaired) electrons. The predicted octanol–water partition coefficient (Wildman–Crippen LogP) is 1.18. The molecule has 7 heteroatoms. The van der Waals surface area contributed by atoms with Crippen LogP contribution >= 0.6 is 0 Å². The van der Waals surface area contributed by atoms with Crippen molar-refractivity contribution in [3.63, 3.8) is 0 Å². The van der Waals surface area contributed by atoms with Crippen molar-refractivity contribution >= 4 is 11.6 Å². The zero-order valence-electron chi connectivity index (χ0n) is 11.3. The van der Waals surface area contributed by atoms with E-state index in [0.29, 0.717) is 17.7 Å². The Morgan fingerprint density at radius 1 is 1.36 bits per heavy atom. The van der Waals surface area contributed by atoms with Crippen molar-refractivity contribution in [2.45, 2.75) is 6.42 Å². The third-order valence-electron chi connectivity index (χ3n) is 3.25. The number of hydrogen-bond donors (Lipinski definition) is 2. The van der Waals surface area contributed by atoms with Crippen molar-refractivity contribution in [2.75, 3.05) is 0 Å². The normalized spacial score (nSPS) is 10.5. The van der Waals surface area contributed by atoms with Crippen LogP contribution in [0.1, 0.15) is 27.2 Å². The fourth-order valence-electron chi connectivity index (χ4n) is 2.18. The zero-order valence-corrected chi connectivity index (χ0v) is 11.3. The number of rotatable bonds is 3. The molecule has 3 aromatic rings. The number of nitrogens with zero attached hydrogens (tertiary/aromatic N) is 3. The molecular weight excluding hydrogens is 284 g/mol. The topological polar surface area (TPSA) is 111 Å². The molecule has 1 aromatic carbocycles. The van der Waals surface area contributed by atoms with E-state index in [2.05, 4.69) is 10.1 Å². The number of aromatic carboxylic acids is 1. The maximum absolute atomic E-state index is 12.0. The molecule has 0 atom stereocenters. The monoisotopic (exact) mass is 294 g/mol. The number of carbonyl (C=O) groups is 1. The highest BCUT2D eigenvalue weighted by Crippen LogP contribution is 2.11. The van der Waals surface area contributed by atoms with Crippen LogP contribution in [-0.4, -0.2) is 25.7 Å². The number of nitrogens with one attached hydrogen (secondary N) is 1. The lowest BCUT2D eigenvalue weighted by molar-refractivity contribution is 0.0698. The Hall–Kier alpha value is -3.40. The fraction of sp³-hybridized carbons (Fsp3) is 0.0667.